The Hall–Kier alpha value is -1.59. The Balaban J connectivity index is 2.29. The van der Waals surface area contributed by atoms with Crippen molar-refractivity contribution in [3.8, 4) is 5.75 Å². The minimum Gasteiger partial charge on any atom is -0.487 e. The number of amides is 1. The SMILES string of the molecule is CCC(=O)N1CC(C)Oc2ccc(C(O)CCCN)cc21. The molecular formula is C16H24N2O3. The van der Waals surface area contributed by atoms with Crippen LogP contribution in [-0.2, 0) is 4.79 Å². The van der Waals surface area contributed by atoms with Crippen molar-refractivity contribution >= 4 is 11.6 Å². The van der Waals surface area contributed by atoms with Crippen molar-refractivity contribution in [2.24, 2.45) is 5.73 Å². The Morgan fingerprint density at radius 3 is 3.00 bits per heavy atom. The van der Waals surface area contributed by atoms with Crippen LogP contribution < -0.4 is 15.4 Å². The van der Waals surface area contributed by atoms with Gasteiger partial charge in [0.25, 0.3) is 0 Å². The van der Waals surface area contributed by atoms with Crippen LogP contribution in [-0.4, -0.2) is 30.2 Å². The van der Waals surface area contributed by atoms with Crippen molar-refractivity contribution in [2.45, 2.75) is 45.3 Å². The van der Waals surface area contributed by atoms with Gasteiger partial charge in [0.15, 0.2) is 0 Å². The second-order valence-corrected chi connectivity index (χ2v) is 5.46. The Labute approximate surface area is 125 Å². The van der Waals surface area contributed by atoms with Gasteiger partial charge in [-0.3, -0.25) is 4.79 Å². The van der Waals surface area contributed by atoms with Crippen LogP contribution in [0.2, 0.25) is 0 Å². The summed E-state index contributed by atoms with van der Waals surface area (Å²) in [7, 11) is 0. The molecule has 0 radical (unpaired) electrons. The lowest BCUT2D eigenvalue weighted by molar-refractivity contribution is -0.118. The third-order valence-corrected chi connectivity index (χ3v) is 3.71. The fourth-order valence-electron chi connectivity index (χ4n) is 2.57. The highest BCUT2D eigenvalue weighted by atomic mass is 16.5. The minimum absolute atomic E-state index is 0.0268. The smallest absolute Gasteiger partial charge is 0.226 e. The van der Waals surface area contributed by atoms with Gasteiger partial charge in [-0.1, -0.05) is 13.0 Å². The number of hydrogen-bond donors (Lipinski definition) is 2. The third-order valence-electron chi connectivity index (χ3n) is 3.71. The summed E-state index contributed by atoms with van der Waals surface area (Å²) >= 11 is 0. The molecule has 1 heterocycles. The van der Waals surface area contributed by atoms with Crippen LogP contribution >= 0.6 is 0 Å². The molecular weight excluding hydrogens is 268 g/mol. The lowest BCUT2D eigenvalue weighted by Crippen LogP contribution is -2.42. The van der Waals surface area contributed by atoms with Crippen LogP contribution in [0.5, 0.6) is 5.75 Å². The van der Waals surface area contributed by atoms with E-state index in [1.165, 1.54) is 0 Å². The Morgan fingerprint density at radius 2 is 2.33 bits per heavy atom. The first kappa shape index (κ1) is 15.8. The molecule has 1 aliphatic rings. The van der Waals surface area contributed by atoms with Gasteiger partial charge in [-0.25, -0.2) is 0 Å². The van der Waals surface area contributed by atoms with E-state index in [4.69, 9.17) is 10.5 Å². The summed E-state index contributed by atoms with van der Waals surface area (Å²) in [6, 6.07) is 5.55. The number of carbonyl (C=O) groups excluding carboxylic acids is 1. The van der Waals surface area contributed by atoms with Crippen molar-refractivity contribution in [1.29, 1.82) is 0 Å². The second kappa shape index (κ2) is 6.91. The molecule has 0 spiro atoms. The number of nitrogens with two attached hydrogens (primary N) is 1. The molecule has 5 heteroatoms. The first-order valence-corrected chi connectivity index (χ1v) is 7.56. The predicted octanol–water partition coefficient (Wildman–Crippen LogP) is 1.98. The average molecular weight is 292 g/mol. The largest absolute Gasteiger partial charge is 0.487 e. The van der Waals surface area contributed by atoms with E-state index in [1.807, 2.05) is 32.0 Å². The summed E-state index contributed by atoms with van der Waals surface area (Å²) in [6.45, 7) is 4.90. The van der Waals surface area contributed by atoms with Crippen LogP contribution in [0.3, 0.4) is 0 Å². The molecule has 0 saturated carbocycles. The summed E-state index contributed by atoms with van der Waals surface area (Å²) in [5.74, 6) is 0.769. The summed E-state index contributed by atoms with van der Waals surface area (Å²) in [4.78, 5) is 13.9. The van der Waals surface area contributed by atoms with Gasteiger partial charge in [0.05, 0.1) is 18.3 Å². The number of nitrogens with zero attached hydrogens (tertiary/aromatic N) is 1. The summed E-state index contributed by atoms with van der Waals surface area (Å²) in [5.41, 5.74) is 7.03. The first-order chi connectivity index (χ1) is 10.1. The standard InChI is InChI=1S/C16H24N2O3/c1-3-16(20)18-10-11(2)21-15-7-6-12(9-13(15)18)14(19)5-4-8-17/h6-7,9,11,14,19H,3-5,8,10,17H2,1-2H3. The van der Waals surface area contributed by atoms with Gasteiger partial charge in [-0.2, -0.15) is 0 Å². The third kappa shape index (κ3) is 3.54. The highest BCUT2D eigenvalue weighted by Crippen LogP contribution is 2.36. The molecule has 1 aliphatic heterocycles. The fraction of sp³-hybridized carbons (Fsp3) is 0.562. The molecule has 116 valence electrons. The average Bonchev–Trinajstić information content (AvgIpc) is 2.50. The van der Waals surface area contributed by atoms with Crippen molar-refractivity contribution < 1.29 is 14.6 Å². The van der Waals surface area contributed by atoms with Gasteiger partial charge < -0.3 is 20.5 Å². The number of ether oxygens (including phenoxy) is 1. The van der Waals surface area contributed by atoms with Crippen LogP contribution in [0.15, 0.2) is 18.2 Å². The van der Waals surface area contributed by atoms with E-state index in [9.17, 15) is 9.90 Å². The van der Waals surface area contributed by atoms with Gasteiger partial charge in [-0.05, 0) is 44.0 Å². The number of fused-ring (bicyclic) bond motifs is 1. The van der Waals surface area contributed by atoms with E-state index in [0.29, 0.717) is 31.7 Å². The molecule has 0 fully saturated rings. The van der Waals surface area contributed by atoms with Crippen molar-refractivity contribution in [1.82, 2.24) is 0 Å². The van der Waals surface area contributed by atoms with Gasteiger partial charge >= 0.3 is 0 Å². The maximum Gasteiger partial charge on any atom is 0.226 e. The molecule has 1 aromatic carbocycles. The quantitative estimate of drug-likeness (QED) is 0.870. The zero-order valence-electron chi connectivity index (χ0n) is 12.7. The summed E-state index contributed by atoms with van der Waals surface area (Å²) in [5, 5.41) is 10.2. The van der Waals surface area contributed by atoms with Crippen LogP contribution in [0.4, 0.5) is 5.69 Å². The monoisotopic (exact) mass is 292 g/mol. The van der Waals surface area contributed by atoms with Crippen LogP contribution in [0.1, 0.15) is 44.8 Å². The molecule has 1 aromatic rings. The Kier molecular flexibility index (Phi) is 5.20. The highest BCUT2D eigenvalue weighted by Gasteiger charge is 2.27. The summed E-state index contributed by atoms with van der Waals surface area (Å²) < 4.78 is 5.78. The topological polar surface area (TPSA) is 75.8 Å². The van der Waals surface area contributed by atoms with Gasteiger partial charge in [0, 0.05) is 6.42 Å². The van der Waals surface area contributed by atoms with E-state index in [2.05, 4.69) is 0 Å². The van der Waals surface area contributed by atoms with E-state index < -0.39 is 6.10 Å². The molecule has 0 bridgehead atoms. The Bertz CT molecular complexity index is 504. The lowest BCUT2D eigenvalue weighted by Gasteiger charge is -2.34. The molecule has 21 heavy (non-hydrogen) atoms. The predicted molar refractivity (Wildman–Crippen MR) is 82.4 cm³/mol. The molecule has 2 rings (SSSR count). The minimum atomic E-state index is -0.559. The number of benzene rings is 1. The molecule has 3 N–H and O–H groups in total. The van der Waals surface area contributed by atoms with E-state index in [-0.39, 0.29) is 12.0 Å². The lowest BCUT2D eigenvalue weighted by atomic mass is 10.0. The Morgan fingerprint density at radius 1 is 1.57 bits per heavy atom. The molecule has 5 nitrogen and oxygen atoms in total. The van der Waals surface area contributed by atoms with Gasteiger partial charge in [-0.15, -0.1) is 0 Å². The second-order valence-electron chi connectivity index (χ2n) is 5.46. The van der Waals surface area contributed by atoms with Crippen molar-refractivity contribution in [3.05, 3.63) is 23.8 Å². The molecule has 0 aromatic heterocycles. The van der Waals surface area contributed by atoms with E-state index >= 15 is 0 Å². The maximum absolute atomic E-state index is 12.1. The first-order valence-electron chi connectivity index (χ1n) is 7.56. The zero-order chi connectivity index (χ0) is 15.4. The number of carbonyl (C=O) groups is 1. The number of aliphatic hydroxyl groups is 1. The normalized spacial score (nSPS) is 18.9. The molecule has 2 atom stereocenters. The number of aliphatic hydroxyl groups excluding tert-OH is 1. The molecule has 2 unspecified atom stereocenters. The van der Waals surface area contributed by atoms with Crippen molar-refractivity contribution in [3.63, 3.8) is 0 Å². The van der Waals surface area contributed by atoms with Gasteiger partial charge in [0.2, 0.25) is 5.91 Å². The number of rotatable bonds is 5. The van der Waals surface area contributed by atoms with Crippen LogP contribution in [0.25, 0.3) is 0 Å². The zero-order valence-corrected chi connectivity index (χ0v) is 12.7. The molecule has 0 saturated heterocycles. The number of anilines is 1. The summed E-state index contributed by atoms with van der Waals surface area (Å²) in [6.07, 6.45) is 1.25. The van der Waals surface area contributed by atoms with E-state index in [0.717, 1.165) is 17.7 Å². The van der Waals surface area contributed by atoms with Crippen molar-refractivity contribution in [2.75, 3.05) is 18.0 Å². The van der Waals surface area contributed by atoms with Gasteiger partial charge in [0.1, 0.15) is 11.9 Å². The van der Waals surface area contributed by atoms with Crippen LogP contribution in [0, 0.1) is 0 Å². The number of hydrogen-bond acceptors (Lipinski definition) is 4. The molecule has 1 amide bonds. The van der Waals surface area contributed by atoms with E-state index in [1.54, 1.807) is 4.90 Å². The highest BCUT2D eigenvalue weighted by molar-refractivity contribution is 5.95. The fourth-order valence-corrected chi connectivity index (χ4v) is 2.57. The maximum atomic E-state index is 12.1. The molecule has 0 aliphatic carbocycles.